The molecule has 0 unspecified atom stereocenters. The second kappa shape index (κ2) is 8.53. The van der Waals surface area contributed by atoms with Crippen LogP contribution in [0.5, 0.6) is 11.5 Å². The Morgan fingerprint density at radius 2 is 1.72 bits per heavy atom. The molecule has 0 aromatic heterocycles. The van der Waals surface area contributed by atoms with Gasteiger partial charge < -0.3 is 14.9 Å². The molecule has 0 fully saturated rings. The second-order valence-corrected chi connectivity index (χ2v) is 7.63. The highest BCUT2D eigenvalue weighted by Crippen LogP contribution is 2.23. The molecule has 2 N–H and O–H groups in total. The minimum absolute atomic E-state index is 0.0884. The Balaban J connectivity index is 1.72. The maximum atomic E-state index is 12.1. The lowest BCUT2D eigenvalue weighted by molar-refractivity contribution is 0.0693. The summed E-state index contributed by atoms with van der Waals surface area (Å²) in [6.07, 6.45) is 1.88. The van der Waals surface area contributed by atoms with Crippen LogP contribution in [-0.2, 0) is 9.84 Å². The number of aromatic carboxylic acids is 1. The summed E-state index contributed by atoms with van der Waals surface area (Å²) in [5.41, 5.74) is -0.182. The molecular formula is C18H20O6S. The first-order valence-corrected chi connectivity index (χ1v) is 9.52. The summed E-state index contributed by atoms with van der Waals surface area (Å²) in [5.74, 6) is -1.09. The van der Waals surface area contributed by atoms with E-state index in [1.54, 1.807) is 30.3 Å². The van der Waals surface area contributed by atoms with Crippen LogP contribution in [0.25, 0.3) is 0 Å². The Morgan fingerprint density at radius 3 is 2.36 bits per heavy atom. The van der Waals surface area contributed by atoms with Gasteiger partial charge >= 0.3 is 5.97 Å². The van der Waals surface area contributed by atoms with E-state index in [2.05, 4.69) is 0 Å². The standard InChI is InChI=1S/C18H20O6S/c19-17-13-14(9-10-16(17)18(20)21)24-11-5-2-6-12-25(22,23)15-7-3-1-4-8-15/h1,3-4,7-10,13,19H,2,5-6,11-12H2,(H,20,21). The number of hydrogen-bond acceptors (Lipinski definition) is 5. The zero-order chi connectivity index (χ0) is 18.3. The fourth-order valence-corrected chi connectivity index (χ4v) is 3.68. The van der Waals surface area contributed by atoms with Crippen LogP contribution in [-0.4, -0.2) is 37.0 Å². The molecule has 0 saturated carbocycles. The van der Waals surface area contributed by atoms with Crippen molar-refractivity contribution in [2.45, 2.75) is 24.2 Å². The van der Waals surface area contributed by atoms with Gasteiger partial charge in [-0.25, -0.2) is 13.2 Å². The first-order valence-electron chi connectivity index (χ1n) is 7.87. The summed E-state index contributed by atoms with van der Waals surface area (Å²) in [6.45, 7) is 0.358. The van der Waals surface area contributed by atoms with Crippen LogP contribution in [0.4, 0.5) is 0 Å². The van der Waals surface area contributed by atoms with E-state index in [-0.39, 0.29) is 17.1 Å². The Hall–Kier alpha value is -2.54. The molecule has 0 heterocycles. The molecule has 0 spiro atoms. The average Bonchev–Trinajstić information content (AvgIpc) is 2.58. The van der Waals surface area contributed by atoms with E-state index in [4.69, 9.17) is 9.84 Å². The highest BCUT2D eigenvalue weighted by molar-refractivity contribution is 7.91. The van der Waals surface area contributed by atoms with E-state index in [1.165, 1.54) is 18.2 Å². The summed E-state index contributed by atoms with van der Waals surface area (Å²) in [6, 6.07) is 12.4. The van der Waals surface area contributed by atoms with E-state index in [1.807, 2.05) is 0 Å². The number of carboxylic acids is 1. The maximum Gasteiger partial charge on any atom is 0.339 e. The summed E-state index contributed by atoms with van der Waals surface area (Å²) < 4.78 is 29.6. The van der Waals surface area contributed by atoms with Crippen molar-refractivity contribution in [2.24, 2.45) is 0 Å². The molecule has 0 amide bonds. The van der Waals surface area contributed by atoms with Gasteiger partial charge in [0.1, 0.15) is 17.1 Å². The molecule has 0 aliphatic rings. The molecule has 7 heteroatoms. The summed E-state index contributed by atoms with van der Waals surface area (Å²) in [5, 5.41) is 18.4. The lowest BCUT2D eigenvalue weighted by Crippen LogP contribution is -2.07. The molecule has 0 atom stereocenters. The van der Waals surface area contributed by atoms with Crippen LogP contribution in [0.3, 0.4) is 0 Å². The molecule has 2 aromatic rings. The van der Waals surface area contributed by atoms with Crippen molar-refractivity contribution < 1.29 is 28.2 Å². The predicted molar refractivity (Wildman–Crippen MR) is 92.9 cm³/mol. The molecule has 0 saturated heterocycles. The Morgan fingerprint density at radius 1 is 1.00 bits per heavy atom. The molecule has 0 radical (unpaired) electrons. The van der Waals surface area contributed by atoms with Crippen molar-refractivity contribution in [1.82, 2.24) is 0 Å². The van der Waals surface area contributed by atoms with E-state index in [0.717, 1.165) is 0 Å². The summed E-state index contributed by atoms with van der Waals surface area (Å²) >= 11 is 0. The zero-order valence-electron chi connectivity index (χ0n) is 13.6. The van der Waals surface area contributed by atoms with Crippen molar-refractivity contribution in [2.75, 3.05) is 12.4 Å². The normalized spacial score (nSPS) is 11.2. The number of unbranched alkanes of at least 4 members (excludes halogenated alkanes) is 2. The van der Waals surface area contributed by atoms with Gasteiger partial charge in [-0.3, -0.25) is 0 Å². The monoisotopic (exact) mass is 364 g/mol. The number of carbonyl (C=O) groups is 1. The number of benzene rings is 2. The molecular weight excluding hydrogens is 344 g/mol. The summed E-state index contributed by atoms with van der Waals surface area (Å²) in [4.78, 5) is 11.1. The zero-order valence-corrected chi connectivity index (χ0v) is 14.4. The van der Waals surface area contributed by atoms with Gasteiger partial charge in [0.15, 0.2) is 9.84 Å². The van der Waals surface area contributed by atoms with E-state index >= 15 is 0 Å². The van der Waals surface area contributed by atoms with Crippen LogP contribution >= 0.6 is 0 Å². The van der Waals surface area contributed by atoms with Gasteiger partial charge in [-0.15, -0.1) is 0 Å². The van der Waals surface area contributed by atoms with Crippen LogP contribution in [0.1, 0.15) is 29.6 Å². The number of carboxylic acid groups (broad SMARTS) is 1. The smallest absolute Gasteiger partial charge is 0.339 e. The van der Waals surface area contributed by atoms with E-state index < -0.39 is 15.8 Å². The molecule has 0 aliphatic carbocycles. The first-order chi connectivity index (χ1) is 11.9. The largest absolute Gasteiger partial charge is 0.507 e. The van der Waals surface area contributed by atoms with Gasteiger partial charge in [0.25, 0.3) is 0 Å². The fraction of sp³-hybridized carbons (Fsp3) is 0.278. The molecule has 134 valence electrons. The highest BCUT2D eigenvalue weighted by Gasteiger charge is 2.13. The highest BCUT2D eigenvalue weighted by atomic mass is 32.2. The third kappa shape index (κ3) is 5.49. The molecule has 0 bridgehead atoms. The Kier molecular flexibility index (Phi) is 6.41. The number of ether oxygens (including phenoxy) is 1. The molecule has 6 nitrogen and oxygen atoms in total. The van der Waals surface area contributed by atoms with E-state index in [0.29, 0.717) is 36.5 Å². The van der Waals surface area contributed by atoms with Gasteiger partial charge in [-0.05, 0) is 43.5 Å². The van der Waals surface area contributed by atoms with Gasteiger partial charge in [0, 0.05) is 6.07 Å². The fourth-order valence-electron chi connectivity index (χ4n) is 2.29. The number of aromatic hydroxyl groups is 1. The number of hydrogen-bond donors (Lipinski definition) is 2. The predicted octanol–water partition coefficient (Wildman–Crippen LogP) is 3.11. The quantitative estimate of drug-likeness (QED) is 0.663. The summed E-state index contributed by atoms with van der Waals surface area (Å²) in [7, 11) is -3.25. The Bertz CT molecular complexity index is 815. The Labute approximate surface area is 146 Å². The topological polar surface area (TPSA) is 101 Å². The van der Waals surface area contributed by atoms with Crippen molar-refractivity contribution in [3.05, 3.63) is 54.1 Å². The minimum Gasteiger partial charge on any atom is -0.507 e. The number of rotatable bonds is 9. The van der Waals surface area contributed by atoms with E-state index in [9.17, 15) is 18.3 Å². The van der Waals surface area contributed by atoms with Gasteiger partial charge in [0.05, 0.1) is 17.3 Å². The van der Waals surface area contributed by atoms with Crippen LogP contribution in [0, 0.1) is 0 Å². The number of sulfone groups is 1. The van der Waals surface area contributed by atoms with Gasteiger partial charge in [-0.1, -0.05) is 18.2 Å². The lowest BCUT2D eigenvalue weighted by Gasteiger charge is -2.08. The van der Waals surface area contributed by atoms with Crippen LogP contribution < -0.4 is 4.74 Å². The first kappa shape index (κ1) is 18.8. The molecule has 2 rings (SSSR count). The number of phenols is 1. The molecule has 0 aliphatic heterocycles. The van der Waals surface area contributed by atoms with Crippen molar-refractivity contribution in [3.8, 4) is 11.5 Å². The van der Waals surface area contributed by atoms with Gasteiger partial charge in [-0.2, -0.15) is 0 Å². The average molecular weight is 364 g/mol. The maximum absolute atomic E-state index is 12.1. The minimum atomic E-state index is -3.25. The van der Waals surface area contributed by atoms with Gasteiger partial charge in [0.2, 0.25) is 0 Å². The SMILES string of the molecule is O=C(O)c1ccc(OCCCCCS(=O)(=O)c2ccccc2)cc1O. The third-order valence-corrected chi connectivity index (χ3v) is 5.44. The molecule has 25 heavy (non-hydrogen) atoms. The van der Waals surface area contributed by atoms with Crippen molar-refractivity contribution in [1.29, 1.82) is 0 Å². The lowest BCUT2D eigenvalue weighted by atomic mass is 10.2. The van der Waals surface area contributed by atoms with Crippen LogP contribution in [0.15, 0.2) is 53.4 Å². The van der Waals surface area contributed by atoms with Crippen molar-refractivity contribution >= 4 is 15.8 Å². The van der Waals surface area contributed by atoms with Crippen molar-refractivity contribution in [3.63, 3.8) is 0 Å². The molecule has 2 aromatic carbocycles. The second-order valence-electron chi connectivity index (χ2n) is 5.53. The third-order valence-electron chi connectivity index (χ3n) is 3.63. The van der Waals surface area contributed by atoms with Crippen LogP contribution in [0.2, 0.25) is 0 Å².